The molecule has 4 rings (SSSR count). The molecule has 0 unspecified atom stereocenters. The third kappa shape index (κ3) is 8.17. The van der Waals surface area contributed by atoms with Gasteiger partial charge in [-0.05, 0) is 90.9 Å². The Morgan fingerprint density at radius 2 is 1.13 bits per heavy atom. The standard InChI is InChI=1S/C34H36O9S2/c1-7-34(5,6)43-27-16-10-23(11-17-27)22-8-14-26(15-9-22)42-29-19-13-25(21-31(29)45(39,40)41)32(35)24-12-18-28(33(2,3)4)30(20-24)44(36,37)38/h8-21H,7H2,1-6H3,(H,36,37,38)(H,39,40,41). The summed E-state index contributed by atoms with van der Waals surface area (Å²) in [7, 11) is -9.52. The molecule has 0 aliphatic heterocycles. The van der Waals surface area contributed by atoms with E-state index in [1.165, 1.54) is 24.3 Å². The first kappa shape index (κ1) is 33.9. The lowest BCUT2D eigenvalue weighted by Gasteiger charge is -2.24. The lowest BCUT2D eigenvalue weighted by atomic mass is 9.86. The van der Waals surface area contributed by atoms with E-state index in [9.17, 15) is 30.7 Å². The molecule has 0 aliphatic rings. The van der Waals surface area contributed by atoms with Crippen molar-refractivity contribution in [3.63, 3.8) is 0 Å². The van der Waals surface area contributed by atoms with Gasteiger partial charge in [-0.3, -0.25) is 13.9 Å². The molecule has 0 atom stereocenters. The van der Waals surface area contributed by atoms with Gasteiger partial charge >= 0.3 is 0 Å². The Bertz CT molecular complexity index is 1940. The van der Waals surface area contributed by atoms with Crippen molar-refractivity contribution in [1.82, 2.24) is 0 Å². The lowest BCUT2D eigenvalue weighted by molar-refractivity contribution is 0.103. The number of carbonyl (C=O) groups is 1. The SMILES string of the molecule is CCC(C)(C)Oc1ccc(-c2ccc(Oc3ccc(C(=O)c4ccc(C(C)(C)C)c(S(=O)(=O)O)c4)cc3S(=O)(=O)O)cc2)cc1. The maximum absolute atomic E-state index is 13.3. The van der Waals surface area contributed by atoms with Crippen LogP contribution in [0.3, 0.4) is 0 Å². The summed E-state index contributed by atoms with van der Waals surface area (Å²) < 4.78 is 80.4. The zero-order valence-corrected chi connectivity index (χ0v) is 27.5. The Hall–Kier alpha value is -4.03. The van der Waals surface area contributed by atoms with E-state index in [-0.39, 0.29) is 28.2 Å². The van der Waals surface area contributed by atoms with E-state index in [0.29, 0.717) is 5.56 Å². The van der Waals surface area contributed by atoms with E-state index >= 15 is 0 Å². The van der Waals surface area contributed by atoms with Gasteiger partial charge in [0.25, 0.3) is 20.2 Å². The normalized spacial score (nSPS) is 12.5. The largest absolute Gasteiger partial charge is 0.488 e. The summed E-state index contributed by atoms with van der Waals surface area (Å²) in [6.07, 6.45) is 0.859. The molecule has 2 N–H and O–H groups in total. The van der Waals surface area contributed by atoms with Gasteiger partial charge in [0.1, 0.15) is 27.7 Å². The highest BCUT2D eigenvalue weighted by Crippen LogP contribution is 2.34. The van der Waals surface area contributed by atoms with Gasteiger partial charge in [-0.15, -0.1) is 0 Å². The van der Waals surface area contributed by atoms with Crippen molar-refractivity contribution in [3.8, 4) is 28.4 Å². The summed E-state index contributed by atoms with van der Waals surface area (Å²) in [6.45, 7) is 11.4. The van der Waals surface area contributed by atoms with Crippen molar-refractivity contribution in [2.24, 2.45) is 0 Å². The van der Waals surface area contributed by atoms with Crippen molar-refractivity contribution in [2.75, 3.05) is 0 Å². The van der Waals surface area contributed by atoms with Gasteiger partial charge in [-0.1, -0.05) is 64.1 Å². The fraction of sp³-hybridized carbons (Fsp3) is 0.265. The molecule has 0 saturated heterocycles. The molecule has 9 nitrogen and oxygen atoms in total. The Labute approximate surface area is 264 Å². The maximum Gasteiger partial charge on any atom is 0.298 e. The van der Waals surface area contributed by atoms with E-state index in [1.807, 2.05) is 38.1 Å². The first-order valence-electron chi connectivity index (χ1n) is 14.1. The van der Waals surface area contributed by atoms with Crippen LogP contribution in [-0.2, 0) is 25.7 Å². The van der Waals surface area contributed by atoms with Crippen LogP contribution in [0.15, 0.2) is 94.7 Å². The first-order valence-corrected chi connectivity index (χ1v) is 17.0. The van der Waals surface area contributed by atoms with Crippen LogP contribution in [-0.4, -0.2) is 37.3 Å². The second-order valence-corrected chi connectivity index (χ2v) is 15.0. The van der Waals surface area contributed by atoms with Crippen LogP contribution in [0.25, 0.3) is 11.1 Å². The number of carbonyl (C=O) groups excluding carboxylic acids is 1. The minimum Gasteiger partial charge on any atom is -0.488 e. The van der Waals surface area contributed by atoms with Crippen LogP contribution in [0.4, 0.5) is 0 Å². The summed E-state index contributed by atoms with van der Waals surface area (Å²) in [4.78, 5) is 12.2. The van der Waals surface area contributed by atoms with Gasteiger partial charge in [0, 0.05) is 11.1 Å². The van der Waals surface area contributed by atoms with E-state index in [0.717, 1.165) is 35.4 Å². The van der Waals surface area contributed by atoms with Gasteiger partial charge in [0.05, 0.1) is 4.90 Å². The summed E-state index contributed by atoms with van der Waals surface area (Å²) >= 11 is 0. The number of hydrogen-bond donors (Lipinski definition) is 2. The minimum absolute atomic E-state index is 0.102. The van der Waals surface area contributed by atoms with Gasteiger partial charge in [-0.2, -0.15) is 16.8 Å². The number of benzene rings is 4. The number of ketones is 1. The molecule has 0 spiro atoms. The molecular weight excluding hydrogens is 616 g/mol. The Morgan fingerprint density at radius 3 is 1.60 bits per heavy atom. The van der Waals surface area contributed by atoms with Gasteiger partial charge in [0.15, 0.2) is 5.78 Å². The van der Waals surface area contributed by atoms with Gasteiger partial charge in [-0.25, -0.2) is 0 Å². The summed E-state index contributed by atoms with van der Waals surface area (Å²) in [5.74, 6) is 0.0911. The Kier molecular flexibility index (Phi) is 9.33. The van der Waals surface area contributed by atoms with Gasteiger partial charge in [0.2, 0.25) is 0 Å². The molecule has 0 saturated carbocycles. The first-order chi connectivity index (χ1) is 20.8. The van der Waals surface area contributed by atoms with Gasteiger partial charge < -0.3 is 9.47 Å². The maximum atomic E-state index is 13.3. The summed E-state index contributed by atoms with van der Waals surface area (Å²) in [6, 6.07) is 21.8. The molecule has 0 heterocycles. The fourth-order valence-electron chi connectivity index (χ4n) is 4.55. The van der Waals surface area contributed by atoms with Crippen LogP contribution >= 0.6 is 0 Å². The Morgan fingerprint density at radius 1 is 0.667 bits per heavy atom. The molecule has 0 bridgehead atoms. The van der Waals surface area contributed by atoms with E-state index in [2.05, 4.69) is 6.92 Å². The van der Waals surface area contributed by atoms with Crippen molar-refractivity contribution in [1.29, 1.82) is 0 Å². The quantitative estimate of drug-likeness (QED) is 0.130. The van der Waals surface area contributed by atoms with Crippen LogP contribution in [0, 0.1) is 0 Å². The van der Waals surface area contributed by atoms with E-state index < -0.39 is 41.2 Å². The molecule has 0 radical (unpaired) electrons. The third-order valence-electron chi connectivity index (χ3n) is 7.33. The molecule has 45 heavy (non-hydrogen) atoms. The number of ether oxygens (including phenoxy) is 2. The number of rotatable bonds is 10. The second-order valence-electron chi connectivity index (χ2n) is 12.3. The molecule has 4 aromatic rings. The number of hydrogen-bond acceptors (Lipinski definition) is 7. The average Bonchev–Trinajstić information content (AvgIpc) is 2.96. The molecule has 238 valence electrons. The third-order valence-corrected chi connectivity index (χ3v) is 9.10. The molecule has 0 fully saturated rings. The van der Waals surface area contributed by atoms with E-state index in [4.69, 9.17) is 9.47 Å². The zero-order valence-electron chi connectivity index (χ0n) is 25.9. The average molecular weight is 653 g/mol. The molecule has 0 aromatic heterocycles. The smallest absolute Gasteiger partial charge is 0.298 e. The minimum atomic E-state index is -4.84. The van der Waals surface area contributed by atoms with Crippen LogP contribution < -0.4 is 9.47 Å². The van der Waals surface area contributed by atoms with Crippen LogP contribution in [0.5, 0.6) is 17.2 Å². The predicted octanol–water partition coefficient (Wildman–Crippen LogP) is 7.74. The molecule has 4 aromatic carbocycles. The van der Waals surface area contributed by atoms with Crippen molar-refractivity contribution >= 4 is 26.0 Å². The topological polar surface area (TPSA) is 144 Å². The van der Waals surface area contributed by atoms with Crippen LogP contribution in [0.2, 0.25) is 0 Å². The summed E-state index contributed by atoms with van der Waals surface area (Å²) in [5, 5.41) is 0. The molecule has 0 aliphatic carbocycles. The van der Waals surface area contributed by atoms with Crippen LogP contribution in [0.1, 0.15) is 69.4 Å². The highest BCUT2D eigenvalue weighted by atomic mass is 32.2. The molecule has 0 amide bonds. The van der Waals surface area contributed by atoms with Crippen molar-refractivity contribution in [3.05, 3.63) is 102 Å². The lowest BCUT2D eigenvalue weighted by Crippen LogP contribution is -2.26. The summed E-state index contributed by atoms with van der Waals surface area (Å²) in [5.41, 5.74) is 0.917. The van der Waals surface area contributed by atoms with Crippen molar-refractivity contribution < 1.29 is 40.2 Å². The fourth-order valence-corrected chi connectivity index (χ4v) is 6.12. The highest BCUT2D eigenvalue weighted by Gasteiger charge is 2.27. The second kappa shape index (κ2) is 12.4. The zero-order chi connectivity index (χ0) is 33.4. The monoisotopic (exact) mass is 652 g/mol. The van der Waals surface area contributed by atoms with E-state index in [1.54, 1.807) is 45.0 Å². The molecule has 11 heteroatoms. The highest BCUT2D eigenvalue weighted by molar-refractivity contribution is 7.86. The molecular formula is C34H36O9S2. The van der Waals surface area contributed by atoms with Crippen molar-refractivity contribution in [2.45, 2.75) is 68.8 Å². The predicted molar refractivity (Wildman–Crippen MR) is 172 cm³/mol. The Balaban J connectivity index is 1.60.